The summed E-state index contributed by atoms with van der Waals surface area (Å²) >= 11 is 0. The van der Waals surface area contributed by atoms with Crippen LogP contribution >= 0.6 is 0 Å². The molecular weight excluding hydrogens is 237 g/mol. The molecule has 0 aliphatic rings. The van der Waals surface area contributed by atoms with Crippen LogP contribution in [0.3, 0.4) is 0 Å². The number of carbonyl (C=O) groups is 1. The molecule has 0 spiro atoms. The highest BCUT2D eigenvalue weighted by Crippen LogP contribution is 2.15. The Labute approximate surface area is 98.9 Å². The zero-order chi connectivity index (χ0) is 13.3. The van der Waals surface area contributed by atoms with Gasteiger partial charge in [0.05, 0.1) is 12.6 Å². The van der Waals surface area contributed by atoms with Crippen molar-refractivity contribution in [2.75, 3.05) is 26.7 Å². The summed E-state index contributed by atoms with van der Waals surface area (Å²) in [6.45, 7) is 1.93. The average molecular weight is 256 g/mol. The zero-order valence-electron chi connectivity index (χ0n) is 10.1. The van der Waals surface area contributed by atoms with E-state index in [-0.39, 0.29) is 18.4 Å². The molecule has 0 saturated carbocycles. The average Bonchev–Trinajstić information content (AvgIpc) is 2.26. The number of rotatable bonds is 9. The summed E-state index contributed by atoms with van der Waals surface area (Å²) in [6, 6.07) is -0.240. The molecule has 2 N–H and O–H groups in total. The van der Waals surface area contributed by atoms with Crippen molar-refractivity contribution in [3.63, 3.8) is 0 Å². The molecule has 0 aromatic rings. The van der Waals surface area contributed by atoms with Crippen LogP contribution in [-0.2, 0) is 9.53 Å². The van der Waals surface area contributed by atoms with Gasteiger partial charge in [-0.2, -0.15) is 0 Å². The molecule has 0 heterocycles. The van der Waals surface area contributed by atoms with Gasteiger partial charge >= 0.3 is 6.36 Å². The SMILES string of the molecule is CCC(=O)C(CCNCCOC(F)(F)F)NC. The molecule has 0 fully saturated rings. The zero-order valence-corrected chi connectivity index (χ0v) is 10.1. The van der Waals surface area contributed by atoms with Gasteiger partial charge in [0.15, 0.2) is 0 Å². The van der Waals surface area contributed by atoms with E-state index >= 15 is 0 Å². The summed E-state index contributed by atoms with van der Waals surface area (Å²) in [7, 11) is 1.69. The second-order valence-electron chi connectivity index (χ2n) is 3.49. The maximum absolute atomic E-state index is 11.6. The van der Waals surface area contributed by atoms with Gasteiger partial charge in [-0.15, -0.1) is 13.2 Å². The molecule has 0 radical (unpaired) electrons. The molecule has 17 heavy (non-hydrogen) atoms. The largest absolute Gasteiger partial charge is 0.522 e. The molecule has 0 amide bonds. The van der Waals surface area contributed by atoms with Gasteiger partial charge in [0, 0.05) is 13.0 Å². The van der Waals surface area contributed by atoms with Crippen molar-refractivity contribution in [2.24, 2.45) is 0 Å². The normalized spacial score (nSPS) is 13.7. The first-order chi connectivity index (χ1) is 7.90. The third-order valence-electron chi connectivity index (χ3n) is 2.24. The molecule has 0 saturated heterocycles. The van der Waals surface area contributed by atoms with E-state index in [1.807, 2.05) is 0 Å². The van der Waals surface area contributed by atoms with Gasteiger partial charge < -0.3 is 10.6 Å². The van der Waals surface area contributed by atoms with Crippen LogP contribution in [0.4, 0.5) is 13.2 Å². The number of ketones is 1. The quantitative estimate of drug-likeness (QED) is 0.606. The van der Waals surface area contributed by atoms with Crippen LogP contribution in [0.1, 0.15) is 19.8 Å². The summed E-state index contributed by atoms with van der Waals surface area (Å²) in [5.41, 5.74) is 0. The molecule has 0 rings (SSSR count). The van der Waals surface area contributed by atoms with Gasteiger partial charge in [-0.3, -0.25) is 9.53 Å². The third kappa shape index (κ3) is 9.08. The first kappa shape index (κ1) is 16.3. The fourth-order valence-corrected chi connectivity index (χ4v) is 1.32. The number of halogens is 3. The molecule has 0 aromatic carbocycles. The van der Waals surface area contributed by atoms with E-state index in [0.29, 0.717) is 19.4 Å². The van der Waals surface area contributed by atoms with Crippen molar-refractivity contribution in [2.45, 2.75) is 32.2 Å². The lowest BCUT2D eigenvalue weighted by atomic mass is 10.1. The van der Waals surface area contributed by atoms with Crippen LogP contribution < -0.4 is 10.6 Å². The van der Waals surface area contributed by atoms with Crippen molar-refractivity contribution < 1.29 is 22.7 Å². The van der Waals surface area contributed by atoms with Gasteiger partial charge in [0.25, 0.3) is 0 Å². The molecule has 1 unspecified atom stereocenters. The van der Waals surface area contributed by atoms with E-state index < -0.39 is 13.0 Å². The number of Topliss-reactive ketones (excluding diaryl/α,β-unsaturated/α-hetero) is 1. The number of alkyl halides is 3. The molecule has 0 aliphatic carbocycles. The van der Waals surface area contributed by atoms with Crippen LogP contribution in [0.2, 0.25) is 0 Å². The standard InChI is InChI=1S/C10H19F3N2O2/c1-3-9(16)8(14-2)4-5-15-6-7-17-10(11,12)13/h8,14-15H,3-7H2,1-2H3. The molecule has 0 bridgehead atoms. The van der Waals surface area contributed by atoms with Crippen LogP contribution in [0.5, 0.6) is 0 Å². The minimum absolute atomic E-state index is 0.0980. The van der Waals surface area contributed by atoms with E-state index in [1.54, 1.807) is 14.0 Å². The fourth-order valence-electron chi connectivity index (χ4n) is 1.32. The van der Waals surface area contributed by atoms with Crippen LogP contribution in [-0.4, -0.2) is 44.9 Å². The summed E-state index contributed by atoms with van der Waals surface area (Å²) in [4.78, 5) is 11.3. The Balaban J connectivity index is 3.53. The number of nitrogens with one attached hydrogen (secondary N) is 2. The summed E-state index contributed by atoms with van der Waals surface area (Å²) < 4.78 is 38.4. The number of ether oxygens (including phenoxy) is 1. The smallest absolute Gasteiger partial charge is 0.314 e. The van der Waals surface area contributed by atoms with Crippen LogP contribution in [0.15, 0.2) is 0 Å². The van der Waals surface area contributed by atoms with Gasteiger partial charge in [-0.05, 0) is 20.0 Å². The molecule has 102 valence electrons. The van der Waals surface area contributed by atoms with Gasteiger partial charge in [-0.1, -0.05) is 6.92 Å². The minimum Gasteiger partial charge on any atom is -0.314 e. The second kappa shape index (κ2) is 8.43. The van der Waals surface area contributed by atoms with Crippen molar-refractivity contribution in [1.29, 1.82) is 0 Å². The van der Waals surface area contributed by atoms with Gasteiger partial charge in [0.2, 0.25) is 0 Å². The Bertz CT molecular complexity index is 222. The Morgan fingerprint density at radius 1 is 1.35 bits per heavy atom. The van der Waals surface area contributed by atoms with Crippen molar-refractivity contribution >= 4 is 5.78 Å². The lowest BCUT2D eigenvalue weighted by Crippen LogP contribution is -2.37. The van der Waals surface area contributed by atoms with Gasteiger partial charge in [-0.25, -0.2) is 0 Å². The maximum atomic E-state index is 11.6. The molecule has 0 aliphatic heterocycles. The third-order valence-corrected chi connectivity index (χ3v) is 2.24. The first-order valence-corrected chi connectivity index (χ1v) is 5.52. The Morgan fingerprint density at radius 3 is 2.47 bits per heavy atom. The molecule has 0 aromatic heterocycles. The van der Waals surface area contributed by atoms with Gasteiger partial charge in [0.1, 0.15) is 5.78 Å². The highest BCUT2D eigenvalue weighted by molar-refractivity contribution is 5.83. The lowest BCUT2D eigenvalue weighted by molar-refractivity contribution is -0.323. The number of hydrogen-bond acceptors (Lipinski definition) is 4. The van der Waals surface area contributed by atoms with Crippen molar-refractivity contribution in [3.05, 3.63) is 0 Å². The summed E-state index contributed by atoms with van der Waals surface area (Å²) in [5.74, 6) is 0.0980. The first-order valence-electron chi connectivity index (χ1n) is 5.52. The van der Waals surface area contributed by atoms with Crippen LogP contribution in [0, 0.1) is 0 Å². The molecule has 4 nitrogen and oxygen atoms in total. The highest BCUT2D eigenvalue weighted by atomic mass is 19.4. The summed E-state index contributed by atoms with van der Waals surface area (Å²) in [6.07, 6.45) is -3.58. The van der Waals surface area contributed by atoms with E-state index in [1.165, 1.54) is 0 Å². The highest BCUT2D eigenvalue weighted by Gasteiger charge is 2.28. The monoisotopic (exact) mass is 256 g/mol. The van der Waals surface area contributed by atoms with E-state index in [9.17, 15) is 18.0 Å². The van der Waals surface area contributed by atoms with Crippen molar-refractivity contribution in [1.82, 2.24) is 10.6 Å². The van der Waals surface area contributed by atoms with E-state index in [0.717, 1.165) is 0 Å². The Morgan fingerprint density at radius 2 is 2.00 bits per heavy atom. The van der Waals surface area contributed by atoms with E-state index in [4.69, 9.17) is 0 Å². The predicted molar refractivity (Wildman–Crippen MR) is 57.6 cm³/mol. The number of carbonyl (C=O) groups excluding carboxylic acids is 1. The summed E-state index contributed by atoms with van der Waals surface area (Å²) in [5, 5.41) is 5.65. The van der Waals surface area contributed by atoms with Crippen LogP contribution in [0.25, 0.3) is 0 Å². The topological polar surface area (TPSA) is 50.4 Å². The minimum atomic E-state index is -4.58. The molecule has 1 atom stereocenters. The molecule has 7 heteroatoms. The Hall–Kier alpha value is -0.660. The lowest BCUT2D eigenvalue weighted by Gasteiger charge is -2.14. The number of hydrogen-bond donors (Lipinski definition) is 2. The Kier molecular flexibility index (Phi) is 8.11. The predicted octanol–water partition coefficient (Wildman–Crippen LogP) is 1.07. The van der Waals surface area contributed by atoms with Crippen molar-refractivity contribution in [3.8, 4) is 0 Å². The molecular formula is C10H19F3N2O2. The fraction of sp³-hybridized carbons (Fsp3) is 0.900. The second-order valence-corrected chi connectivity index (χ2v) is 3.49. The van der Waals surface area contributed by atoms with E-state index in [2.05, 4.69) is 15.4 Å². The number of likely N-dealkylation sites (N-methyl/N-ethyl adjacent to an activating group) is 1. The maximum Gasteiger partial charge on any atom is 0.522 e.